The first kappa shape index (κ1) is 22.7. The zero-order valence-electron chi connectivity index (χ0n) is 18.5. The van der Waals surface area contributed by atoms with Gasteiger partial charge in [-0.15, -0.1) is 5.10 Å². The molecule has 0 spiro atoms. The van der Waals surface area contributed by atoms with Gasteiger partial charge in [-0.25, -0.2) is 9.07 Å². The van der Waals surface area contributed by atoms with Crippen molar-refractivity contribution < 1.29 is 18.7 Å². The molecule has 4 rings (SSSR count). The minimum Gasteiger partial charge on any atom is -0.493 e. The molecule has 0 aliphatic rings. The van der Waals surface area contributed by atoms with E-state index in [-0.39, 0.29) is 18.3 Å². The van der Waals surface area contributed by atoms with Gasteiger partial charge in [0.2, 0.25) is 5.91 Å². The Balaban J connectivity index is 1.33. The predicted molar refractivity (Wildman–Crippen MR) is 126 cm³/mol. The Morgan fingerprint density at radius 1 is 1.06 bits per heavy atom. The molecule has 3 aromatic carbocycles. The van der Waals surface area contributed by atoms with Gasteiger partial charge < -0.3 is 14.8 Å². The number of nitrogens with zero attached hydrogens (tertiary/aromatic N) is 3. The monoisotopic (exact) mass is 458 g/mol. The van der Waals surface area contributed by atoms with Crippen LogP contribution < -0.4 is 14.8 Å². The predicted octanol–water partition coefficient (Wildman–Crippen LogP) is 4.32. The maximum absolute atomic E-state index is 13.1. The van der Waals surface area contributed by atoms with Gasteiger partial charge in [0, 0.05) is 12.6 Å². The molecular weight excluding hydrogens is 435 g/mol. The number of halogens is 1. The van der Waals surface area contributed by atoms with Crippen LogP contribution in [-0.4, -0.2) is 28.0 Å². The number of methoxy groups -OCH3 is 1. The minimum atomic E-state index is -0.314. The summed E-state index contributed by atoms with van der Waals surface area (Å²) in [6, 6.07) is 21.0. The molecule has 0 aliphatic heterocycles. The molecule has 8 heteroatoms. The van der Waals surface area contributed by atoms with Crippen molar-refractivity contribution in [1.82, 2.24) is 20.3 Å². The summed E-state index contributed by atoms with van der Waals surface area (Å²) in [6.07, 6.45) is 4.98. The molecule has 7 nitrogen and oxygen atoms in total. The lowest BCUT2D eigenvalue weighted by Gasteiger charge is -2.11. The first-order valence-electron chi connectivity index (χ1n) is 10.6. The maximum atomic E-state index is 13.1. The number of hydrogen-bond donors (Lipinski definition) is 1. The van der Waals surface area contributed by atoms with Crippen molar-refractivity contribution in [3.63, 3.8) is 0 Å². The lowest BCUT2D eigenvalue weighted by atomic mass is 10.2. The van der Waals surface area contributed by atoms with Crippen LogP contribution in [0.1, 0.15) is 16.8 Å². The molecule has 4 aromatic rings. The summed E-state index contributed by atoms with van der Waals surface area (Å²) in [5, 5.41) is 11.0. The van der Waals surface area contributed by atoms with Crippen LogP contribution in [0, 0.1) is 5.82 Å². The molecule has 0 unspecified atom stereocenters. The van der Waals surface area contributed by atoms with Crippen molar-refractivity contribution in [3.8, 4) is 17.2 Å². The van der Waals surface area contributed by atoms with E-state index < -0.39 is 0 Å². The number of benzene rings is 3. The van der Waals surface area contributed by atoms with E-state index >= 15 is 0 Å². The SMILES string of the molecule is COc1cc(CNC(=O)/C=C/c2ccccc2)ccc1OCc1cn(-c2ccc(F)cc2)nn1. The molecule has 34 heavy (non-hydrogen) atoms. The Bertz CT molecular complexity index is 1270. The maximum Gasteiger partial charge on any atom is 0.244 e. The smallest absolute Gasteiger partial charge is 0.244 e. The van der Waals surface area contributed by atoms with Crippen molar-refractivity contribution in [1.29, 1.82) is 0 Å². The Hall–Kier alpha value is -4.46. The normalized spacial score (nSPS) is 10.9. The van der Waals surface area contributed by atoms with Crippen LogP contribution in [0.25, 0.3) is 11.8 Å². The summed E-state index contributed by atoms with van der Waals surface area (Å²) in [5.74, 6) is 0.578. The Morgan fingerprint density at radius 3 is 2.62 bits per heavy atom. The number of nitrogens with one attached hydrogen (secondary N) is 1. The summed E-state index contributed by atoms with van der Waals surface area (Å²) in [5.41, 5.74) is 3.13. The second-order valence-corrected chi connectivity index (χ2v) is 7.37. The van der Waals surface area contributed by atoms with E-state index in [4.69, 9.17) is 9.47 Å². The van der Waals surface area contributed by atoms with Gasteiger partial charge in [-0.1, -0.05) is 41.6 Å². The third-order valence-electron chi connectivity index (χ3n) is 4.93. The second kappa shape index (κ2) is 10.9. The third-order valence-corrected chi connectivity index (χ3v) is 4.93. The van der Waals surface area contributed by atoms with Crippen molar-refractivity contribution in [2.45, 2.75) is 13.2 Å². The van der Waals surface area contributed by atoms with Crippen LogP contribution in [0.4, 0.5) is 4.39 Å². The van der Waals surface area contributed by atoms with E-state index in [0.717, 1.165) is 11.1 Å². The summed E-state index contributed by atoms with van der Waals surface area (Å²) in [4.78, 5) is 12.1. The lowest BCUT2D eigenvalue weighted by Crippen LogP contribution is -2.20. The van der Waals surface area contributed by atoms with Gasteiger partial charge in [0.15, 0.2) is 11.5 Å². The Labute approximate surface area is 196 Å². The molecule has 0 fully saturated rings. The van der Waals surface area contributed by atoms with Crippen molar-refractivity contribution >= 4 is 12.0 Å². The summed E-state index contributed by atoms with van der Waals surface area (Å²) in [7, 11) is 1.55. The lowest BCUT2D eigenvalue weighted by molar-refractivity contribution is -0.116. The van der Waals surface area contributed by atoms with Crippen molar-refractivity contribution in [3.05, 3.63) is 108 Å². The second-order valence-electron chi connectivity index (χ2n) is 7.37. The van der Waals surface area contributed by atoms with Crippen LogP contribution in [0.3, 0.4) is 0 Å². The summed E-state index contributed by atoms with van der Waals surface area (Å²) < 4.78 is 25.9. The minimum absolute atomic E-state index is 0.178. The zero-order chi connectivity index (χ0) is 23.8. The first-order chi connectivity index (χ1) is 16.6. The van der Waals surface area contributed by atoms with Gasteiger partial charge >= 0.3 is 0 Å². The number of hydrogen-bond acceptors (Lipinski definition) is 5. The summed E-state index contributed by atoms with van der Waals surface area (Å²) >= 11 is 0. The molecule has 0 bridgehead atoms. The third kappa shape index (κ3) is 6.07. The molecule has 0 radical (unpaired) electrons. The molecule has 1 heterocycles. The number of aromatic nitrogens is 3. The van der Waals surface area contributed by atoms with Crippen molar-refractivity contribution in [2.75, 3.05) is 7.11 Å². The van der Waals surface area contributed by atoms with E-state index in [2.05, 4.69) is 15.6 Å². The average molecular weight is 458 g/mol. The number of amides is 1. The highest BCUT2D eigenvalue weighted by molar-refractivity contribution is 5.91. The molecule has 0 atom stereocenters. The van der Waals surface area contributed by atoms with Gasteiger partial charge in [0.05, 0.1) is 19.0 Å². The molecule has 0 aliphatic carbocycles. The van der Waals surface area contributed by atoms with E-state index in [9.17, 15) is 9.18 Å². The molecule has 0 saturated heterocycles. The van der Waals surface area contributed by atoms with Crippen LogP contribution in [0.2, 0.25) is 0 Å². The van der Waals surface area contributed by atoms with Crippen LogP contribution >= 0.6 is 0 Å². The van der Waals surface area contributed by atoms with E-state index in [1.807, 2.05) is 42.5 Å². The zero-order valence-corrected chi connectivity index (χ0v) is 18.5. The van der Waals surface area contributed by atoms with Gasteiger partial charge in [0.25, 0.3) is 0 Å². The van der Waals surface area contributed by atoms with Gasteiger partial charge in [-0.2, -0.15) is 0 Å². The Morgan fingerprint density at radius 2 is 1.85 bits per heavy atom. The van der Waals surface area contributed by atoms with E-state index in [1.54, 1.807) is 42.3 Å². The highest BCUT2D eigenvalue weighted by Crippen LogP contribution is 2.28. The van der Waals surface area contributed by atoms with E-state index in [1.165, 1.54) is 18.2 Å². The van der Waals surface area contributed by atoms with Gasteiger partial charge in [-0.05, 0) is 53.6 Å². The fourth-order valence-corrected chi connectivity index (χ4v) is 3.16. The Kier molecular flexibility index (Phi) is 7.29. The number of ether oxygens (including phenoxy) is 2. The molecule has 172 valence electrons. The summed E-state index contributed by atoms with van der Waals surface area (Å²) in [6.45, 7) is 0.526. The molecule has 1 aromatic heterocycles. The van der Waals surface area contributed by atoms with Crippen LogP contribution in [0.5, 0.6) is 11.5 Å². The molecule has 1 N–H and O–H groups in total. The number of carbonyl (C=O) groups excluding carboxylic acids is 1. The molecule has 1 amide bonds. The highest BCUT2D eigenvalue weighted by atomic mass is 19.1. The topological polar surface area (TPSA) is 78.3 Å². The van der Waals surface area contributed by atoms with E-state index in [0.29, 0.717) is 29.4 Å². The van der Waals surface area contributed by atoms with Crippen LogP contribution in [-0.2, 0) is 17.9 Å². The fraction of sp³-hybridized carbons (Fsp3) is 0.115. The first-order valence-corrected chi connectivity index (χ1v) is 10.6. The average Bonchev–Trinajstić information content (AvgIpc) is 3.35. The van der Waals surface area contributed by atoms with Crippen molar-refractivity contribution in [2.24, 2.45) is 0 Å². The van der Waals surface area contributed by atoms with Crippen LogP contribution in [0.15, 0.2) is 85.1 Å². The molecule has 0 saturated carbocycles. The standard InChI is InChI=1S/C26H23FN4O3/c1-33-25-15-20(16-28-26(32)14-8-19-5-3-2-4-6-19)7-13-24(25)34-18-22-17-31(30-29-22)23-11-9-21(27)10-12-23/h2-15,17H,16,18H2,1H3,(H,28,32)/b14-8+. The van der Waals surface area contributed by atoms with Gasteiger partial charge in [-0.3, -0.25) is 4.79 Å². The highest BCUT2D eigenvalue weighted by Gasteiger charge is 2.09. The largest absolute Gasteiger partial charge is 0.493 e. The quantitative estimate of drug-likeness (QED) is 0.378. The fourth-order valence-electron chi connectivity index (χ4n) is 3.16. The van der Waals surface area contributed by atoms with Gasteiger partial charge in [0.1, 0.15) is 18.1 Å². The number of carbonyl (C=O) groups is 1. The molecular formula is C26H23FN4O3. The number of rotatable bonds is 9.